The number of para-hydroxylation sites is 1. The summed E-state index contributed by atoms with van der Waals surface area (Å²) in [4.78, 5) is 34.1. The quantitative estimate of drug-likeness (QED) is 0.640. The fourth-order valence-corrected chi connectivity index (χ4v) is 4.22. The van der Waals surface area contributed by atoms with Crippen molar-refractivity contribution in [2.45, 2.75) is 19.1 Å². The third kappa shape index (κ3) is 2.82. The number of hydrogen-bond acceptors (Lipinski definition) is 4. The normalized spacial score (nSPS) is 23.6. The van der Waals surface area contributed by atoms with Crippen LogP contribution in [0.15, 0.2) is 84.9 Å². The molecular weight excluding hydrogens is 364 g/mol. The van der Waals surface area contributed by atoms with E-state index in [9.17, 15) is 9.59 Å². The van der Waals surface area contributed by atoms with E-state index in [1.807, 2.05) is 85.8 Å². The molecule has 3 atom stereocenters. The average molecular weight is 384 g/mol. The van der Waals surface area contributed by atoms with Gasteiger partial charge in [-0.25, -0.2) is 9.96 Å². The summed E-state index contributed by atoms with van der Waals surface area (Å²) in [5.74, 6) is -1.14. The standard InChI is InChI=1S/C24H20N2O3/c1-16-9-8-14-19(15-16)25-23(27)20-21(17-10-4-2-5-11-17)26(29-22(20)24(25)28)18-12-6-3-7-13-18/h2-15,20-22H,1H3/t20-,21+,22-/m0/s1. The number of carbonyl (C=O) groups excluding carboxylic acids is 2. The molecule has 3 aromatic carbocycles. The van der Waals surface area contributed by atoms with Crippen LogP contribution in [0.25, 0.3) is 0 Å². The minimum Gasteiger partial charge on any atom is -0.273 e. The Kier molecular flexibility index (Phi) is 4.18. The van der Waals surface area contributed by atoms with Crippen LogP contribution in [0.3, 0.4) is 0 Å². The molecule has 0 bridgehead atoms. The zero-order valence-electron chi connectivity index (χ0n) is 15.9. The lowest BCUT2D eigenvalue weighted by molar-refractivity contribution is -0.126. The van der Waals surface area contributed by atoms with Crippen LogP contribution in [-0.4, -0.2) is 17.9 Å². The number of amides is 2. The van der Waals surface area contributed by atoms with Gasteiger partial charge in [0.05, 0.1) is 17.4 Å². The van der Waals surface area contributed by atoms with E-state index in [1.54, 1.807) is 11.1 Å². The molecule has 0 N–H and O–H groups in total. The Morgan fingerprint density at radius 1 is 0.759 bits per heavy atom. The fourth-order valence-electron chi connectivity index (χ4n) is 4.22. The number of anilines is 2. The maximum absolute atomic E-state index is 13.5. The summed E-state index contributed by atoms with van der Waals surface area (Å²) >= 11 is 0. The Bertz CT molecular complexity index is 1070. The van der Waals surface area contributed by atoms with E-state index in [-0.39, 0.29) is 17.9 Å². The van der Waals surface area contributed by atoms with Gasteiger partial charge in [-0.05, 0) is 42.3 Å². The fraction of sp³-hybridized carbons (Fsp3) is 0.167. The van der Waals surface area contributed by atoms with Crippen molar-refractivity contribution in [2.24, 2.45) is 5.92 Å². The number of benzene rings is 3. The molecule has 2 fully saturated rings. The first-order valence-electron chi connectivity index (χ1n) is 9.65. The predicted molar refractivity (Wildman–Crippen MR) is 110 cm³/mol. The molecule has 3 aromatic rings. The molecule has 5 rings (SSSR count). The van der Waals surface area contributed by atoms with E-state index in [1.165, 1.54) is 4.90 Å². The molecule has 0 radical (unpaired) electrons. The molecule has 2 aliphatic rings. The maximum Gasteiger partial charge on any atom is 0.266 e. The molecule has 5 nitrogen and oxygen atoms in total. The number of aryl methyl sites for hydroxylation is 1. The summed E-state index contributed by atoms with van der Waals surface area (Å²) in [6.45, 7) is 1.94. The Morgan fingerprint density at radius 3 is 2.10 bits per heavy atom. The van der Waals surface area contributed by atoms with Gasteiger partial charge in [-0.1, -0.05) is 60.7 Å². The van der Waals surface area contributed by atoms with Crippen molar-refractivity contribution >= 4 is 23.2 Å². The van der Waals surface area contributed by atoms with E-state index >= 15 is 0 Å². The third-order valence-electron chi connectivity index (χ3n) is 5.53. The first kappa shape index (κ1) is 17.6. The Morgan fingerprint density at radius 2 is 1.41 bits per heavy atom. The number of carbonyl (C=O) groups is 2. The lowest BCUT2D eigenvalue weighted by atomic mass is 9.90. The second-order valence-corrected chi connectivity index (χ2v) is 7.42. The second-order valence-electron chi connectivity index (χ2n) is 7.42. The maximum atomic E-state index is 13.5. The van der Waals surface area contributed by atoms with Gasteiger partial charge in [0.15, 0.2) is 6.10 Å². The van der Waals surface area contributed by atoms with Gasteiger partial charge in [-0.2, -0.15) is 0 Å². The van der Waals surface area contributed by atoms with Crippen LogP contribution in [0, 0.1) is 12.8 Å². The molecule has 0 aliphatic carbocycles. The molecule has 2 heterocycles. The van der Waals surface area contributed by atoms with Crippen LogP contribution in [0.1, 0.15) is 17.2 Å². The predicted octanol–water partition coefficient (Wildman–Crippen LogP) is 4.05. The van der Waals surface area contributed by atoms with Crippen molar-refractivity contribution in [1.82, 2.24) is 0 Å². The van der Waals surface area contributed by atoms with Crippen molar-refractivity contribution < 1.29 is 14.4 Å². The number of nitrogens with zero attached hydrogens (tertiary/aromatic N) is 2. The van der Waals surface area contributed by atoms with Crippen LogP contribution in [0.4, 0.5) is 11.4 Å². The molecule has 29 heavy (non-hydrogen) atoms. The van der Waals surface area contributed by atoms with Gasteiger partial charge in [0.25, 0.3) is 5.91 Å². The van der Waals surface area contributed by atoms with Gasteiger partial charge in [0, 0.05) is 0 Å². The van der Waals surface area contributed by atoms with Crippen molar-refractivity contribution in [3.8, 4) is 0 Å². The van der Waals surface area contributed by atoms with E-state index in [0.29, 0.717) is 5.69 Å². The molecule has 0 aromatic heterocycles. The molecule has 5 heteroatoms. The van der Waals surface area contributed by atoms with Crippen LogP contribution in [0.5, 0.6) is 0 Å². The Labute approximate surface area is 169 Å². The molecule has 0 saturated carbocycles. The molecule has 0 unspecified atom stereocenters. The first-order valence-corrected chi connectivity index (χ1v) is 9.65. The molecule has 2 saturated heterocycles. The molecule has 2 amide bonds. The van der Waals surface area contributed by atoms with Gasteiger partial charge in [0.2, 0.25) is 5.91 Å². The van der Waals surface area contributed by atoms with Crippen LogP contribution in [0.2, 0.25) is 0 Å². The highest BCUT2D eigenvalue weighted by molar-refractivity contribution is 6.23. The minimum atomic E-state index is -0.839. The summed E-state index contributed by atoms with van der Waals surface area (Å²) in [5, 5.41) is 1.72. The van der Waals surface area contributed by atoms with Crippen molar-refractivity contribution in [3.63, 3.8) is 0 Å². The van der Waals surface area contributed by atoms with Gasteiger partial charge in [-0.15, -0.1) is 0 Å². The van der Waals surface area contributed by atoms with Gasteiger partial charge in [-0.3, -0.25) is 14.4 Å². The SMILES string of the molecule is Cc1cccc(N2C(=O)[C@@H]3[C@H](ON(c4ccccc4)[C@@H]3c3ccccc3)C2=O)c1. The monoisotopic (exact) mass is 384 g/mol. The third-order valence-corrected chi connectivity index (χ3v) is 5.53. The summed E-state index contributed by atoms with van der Waals surface area (Å²) in [6, 6.07) is 26.4. The topological polar surface area (TPSA) is 49.9 Å². The average Bonchev–Trinajstić information content (AvgIpc) is 3.26. The summed E-state index contributed by atoms with van der Waals surface area (Å²) in [7, 11) is 0. The molecule has 144 valence electrons. The van der Waals surface area contributed by atoms with E-state index in [2.05, 4.69) is 0 Å². The van der Waals surface area contributed by atoms with E-state index in [4.69, 9.17) is 4.84 Å². The zero-order chi connectivity index (χ0) is 20.0. The Hall–Kier alpha value is -3.44. The Balaban J connectivity index is 1.59. The van der Waals surface area contributed by atoms with Gasteiger partial charge >= 0.3 is 0 Å². The van der Waals surface area contributed by atoms with Gasteiger partial charge in [0.1, 0.15) is 5.92 Å². The second kappa shape index (κ2) is 6.87. The molecular formula is C24H20N2O3. The lowest BCUT2D eigenvalue weighted by Crippen LogP contribution is -2.37. The van der Waals surface area contributed by atoms with Gasteiger partial charge < -0.3 is 0 Å². The first-order chi connectivity index (χ1) is 14.1. The summed E-state index contributed by atoms with van der Waals surface area (Å²) in [5.41, 5.74) is 3.34. The lowest BCUT2D eigenvalue weighted by Gasteiger charge is -2.28. The van der Waals surface area contributed by atoms with Crippen LogP contribution >= 0.6 is 0 Å². The van der Waals surface area contributed by atoms with Crippen molar-refractivity contribution in [3.05, 3.63) is 96.1 Å². The zero-order valence-corrected chi connectivity index (χ0v) is 15.9. The number of imide groups is 1. The van der Waals surface area contributed by atoms with Crippen LogP contribution < -0.4 is 9.96 Å². The highest BCUT2D eigenvalue weighted by Gasteiger charge is 2.60. The smallest absolute Gasteiger partial charge is 0.266 e. The minimum absolute atomic E-state index is 0.224. The number of fused-ring (bicyclic) bond motifs is 1. The highest BCUT2D eigenvalue weighted by Crippen LogP contribution is 2.47. The summed E-state index contributed by atoms with van der Waals surface area (Å²) in [6.07, 6.45) is -0.839. The highest BCUT2D eigenvalue weighted by atomic mass is 16.7. The van der Waals surface area contributed by atoms with Crippen molar-refractivity contribution in [2.75, 3.05) is 9.96 Å². The largest absolute Gasteiger partial charge is 0.273 e. The summed E-state index contributed by atoms with van der Waals surface area (Å²) < 4.78 is 0. The number of hydroxylamine groups is 1. The van der Waals surface area contributed by atoms with Crippen molar-refractivity contribution in [1.29, 1.82) is 0 Å². The van der Waals surface area contributed by atoms with Crippen LogP contribution in [-0.2, 0) is 14.4 Å². The molecule has 2 aliphatic heterocycles. The molecule has 0 spiro atoms. The van der Waals surface area contributed by atoms with E-state index in [0.717, 1.165) is 16.8 Å². The number of hydrogen-bond donors (Lipinski definition) is 0. The number of rotatable bonds is 3. The van der Waals surface area contributed by atoms with E-state index < -0.39 is 12.0 Å².